The summed E-state index contributed by atoms with van der Waals surface area (Å²) >= 11 is 3.08. The predicted octanol–water partition coefficient (Wildman–Crippen LogP) is 4.35. The molecule has 0 saturated heterocycles. The monoisotopic (exact) mass is 355 g/mol. The van der Waals surface area contributed by atoms with Crippen LogP contribution in [0.4, 0.5) is 14.5 Å². The molecule has 0 saturated carbocycles. The number of hydrogen-bond donors (Lipinski definition) is 2. The fraction of sp³-hybridized carbons (Fsp3) is 0.133. The number of anilines is 1. The number of carboxylic acids is 1. The van der Waals surface area contributed by atoms with Crippen LogP contribution in [0.1, 0.15) is 21.5 Å². The molecular formula is C15H12BrF2NO2. The number of nitrogens with one attached hydrogen (secondary N) is 1. The molecule has 0 unspecified atom stereocenters. The average Bonchev–Trinajstić information content (AvgIpc) is 2.42. The standard InChI is InChI=1S/C15H12BrF2NO2/c1-8-4-13(18)11(16)6-14(8)19-7-10-5-9(15(20)21)2-3-12(10)17/h2-6,19H,7H2,1H3,(H,20,21). The lowest BCUT2D eigenvalue weighted by atomic mass is 10.1. The summed E-state index contributed by atoms with van der Waals surface area (Å²) in [6, 6.07) is 6.52. The predicted molar refractivity (Wildman–Crippen MR) is 79.5 cm³/mol. The van der Waals surface area contributed by atoms with Crippen LogP contribution in [0.3, 0.4) is 0 Å². The molecule has 110 valence electrons. The average molecular weight is 356 g/mol. The van der Waals surface area contributed by atoms with Crippen LogP contribution in [0.5, 0.6) is 0 Å². The van der Waals surface area contributed by atoms with Crippen molar-refractivity contribution < 1.29 is 18.7 Å². The highest BCUT2D eigenvalue weighted by Gasteiger charge is 2.10. The topological polar surface area (TPSA) is 49.3 Å². The maximum Gasteiger partial charge on any atom is 0.335 e. The van der Waals surface area contributed by atoms with Gasteiger partial charge in [0.1, 0.15) is 11.6 Å². The van der Waals surface area contributed by atoms with Crippen molar-refractivity contribution in [3.63, 3.8) is 0 Å². The lowest BCUT2D eigenvalue weighted by molar-refractivity contribution is 0.0696. The van der Waals surface area contributed by atoms with E-state index in [0.29, 0.717) is 15.7 Å². The van der Waals surface area contributed by atoms with Crippen LogP contribution in [0.2, 0.25) is 0 Å². The number of halogens is 3. The quantitative estimate of drug-likeness (QED) is 0.857. The van der Waals surface area contributed by atoms with Crippen molar-refractivity contribution in [2.75, 3.05) is 5.32 Å². The SMILES string of the molecule is Cc1cc(F)c(Br)cc1NCc1cc(C(=O)O)ccc1F. The van der Waals surface area contributed by atoms with Gasteiger partial charge in [-0.2, -0.15) is 0 Å². The first kappa shape index (κ1) is 15.4. The molecule has 0 aliphatic rings. The third-order valence-corrected chi connectivity index (χ3v) is 3.64. The van der Waals surface area contributed by atoms with E-state index in [9.17, 15) is 13.6 Å². The molecule has 3 nitrogen and oxygen atoms in total. The number of benzene rings is 2. The van der Waals surface area contributed by atoms with Gasteiger partial charge in [-0.15, -0.1) is 0 Å². The summed E-state index contributed by atoms with van der Waals surface area (Å²) in [5.41, 5.74) is 1.56. The van der Waals surface area contributed by atoms with Crippen LogP contribution < -0.4 is 5.32 Å². The molecule has 0 aliphatic carbocycles. The Morgan fingerprint density at radius 2 is 1.95 bits per heavy atom. The first-order valence-corrected chi connectivity index (χ1v) is 6.89. The molecule has 0 amide bonds. The number of carbonyl (C=O) groups is 1. The molecule has 0 spiro atoms. The van der Waals surface area contributed by atoms with Crippen LogP contribution in [-0.2, 0) is 6.54 Å². The first-order valence-electron chi connectivity index (χ1n) is 6.09. The van der Waals surface area contributed by atoms with Crippen LogP contribution in [0, 0.1) is 18.6 Å². The van der Waals surface area contributed by atoms with Gasteiger partial charge in [0.25, 0.3) is 0 Å². The molecule has 0 aromatic heterocycles. The molecule has 2 N–H and O–H groups in total. The zero-order chi connectivity index (χ0) is 15.6. The maximum absolute atomic E-state index is 13.7. The van der Waals surface area contributed by atoms with E-state index in [1.807, 2.05) is 0 Å². The fourth-order valence-electron chi connectivity index (χ4n) is 1.87. The van der Waals surface area contributed by atoms with Gasteiger partial charge in [-0.3, -0.25) is 0 Å². The summed E-state index contributed by atoms with van der Waals surface area (Å²) in [4.78, 5) is 10.9. The minimum atomic E-state index is -1.11. The van der Waals surface area contributed by atoms with Gasteiger partial charge >= 0.3 is 5.97 Å². The number of aromatic carboxylic acids is 1. The molecule has 0 radical (unpaired) electrons. The molecule has 0 atom stereocenters. The molecule has 0 aliphatic heterocycles. The van der Waals surface area contributed by atoms with Gasteiger partial charge < -0.3 is 10.4 Å². The summed E-state index contributed by atoms with van der Waals surface area (Å²) in [5, 5.41) is 11.9. The Bertz CT molecular complexity index is 704. The largest absolute Gasteiger partial charge is 0.478 e. The second-order valence-corrected chi connectivity index (χ2v) is 5.40. The summed E-state index contributed by atoms with van der Waals surface area (Å²) in [6.07, 6.45) is 0. The summed E-state index contributed by atoms with van der Waals surface area (Å²) in [7, 11) is 0. The summed E-state index contributed by atoms with van der Waals surface area (Å²) < 4.78 is 27.3. The Morgan fingerprint density at radius 1 is 1.24 bits per heavy atom. The third-order valence-electron chi connectivity index (χ3n) is 3.03. The van der Waals surface area contributed by atoms with E-state index in [-0.39, 0.29) is 23.5 Å². The zero-order valence-electron chi connectivity index (χ0n) is 11.1. The zero-order valence-corrected chi connectivity index (χ0v) is 12.7. The van der Waals surface area contributed by atoms with Gasteiger partial charge in [-0.1, -0.05) is 0 Å². The van der Waals surface area contributed by atoms with E-state index in [1.165, 1.54) is 18.2 Å². The van der Waals surface area contributed by atoms with E-state index in [4.69, 9.17) is 5.11 Å². The van der Waals surface area contributed by atoms with Gasteiger partial charge in [0.2, 0.25) is 0 Å². The Morgan fingerprint density at radius 3 is 2.62 bits per heavy atom. The van der Waals surface area contributed by atoms with Gasteiger partial charge in [0, 0.05) is 17.8 Å². The minimum Gasteiger partial charge on any atom is -0.478 e. The second-order valence-electron chi connectivity index (χ2n) is 4.55. The minimum absolute atomic E-state index is 0.0187. The smallest absolute Gasteiger partial charge is 0.335 e. The van der Waals surface area contributed by atoms with Crippen molar-refractivity contribution >= 4 is 27.6 Å². The summed E-state index contributed by atoms with van der Waals surface area (Å²) in [6.45, 7) is 1.83. The maximum atomic E-state index is 13.7. The normalized spacial score (nSPS) is 10.5. The van der Waals surface area contributed by atoms with Gasteiger partial charge in [0.15, 0.2) is 0 Å². The van der Waals surface area contributed by atoms with Crippen LogP contribution in [0.15, 0.2) is 34.8 Å². The van der Waals surface area contributed by atoms with Crippen molar-refractivity contribution in [2.24, 2.45) is 0 Å². The lowest BCUT2D eigenvalue weighted by Crippen LogP contribution is -2.06. The first-order chi connectivity index (χ1) is 9.88. The third kappa shape index (κ3) is 3.58. The number of carboxylic acid groups (broad SMARTS) is 1. The molecule has 6 heteroatoms. The molecule has 2 aromatic rings. The summed E-state index contributed by atoms with van der Waals surface area (Å²) in [5.74, 6) is -1.99. The van der Waals surface area contributed by atoms with Gasteiger partial charge in [-0.05, 0) is 58.7 Å². The molecule has 21 heavy (non-hydrogen) atoms. The van der Waals surface area contributed by atoms with Crippen molar-refractivity contribution in [3.05, 3.63) is 63.1 Å². The van der Waals surface area contributed by atoms with Crippen molar-refractivity contribution in [1.29, 1.82) is 0 Å². The van der Waals surface area contributed by atoms with Gasteiger partial charge in [0.05, 0.1) is 10.0 Å². The van der Waals surface area contributed by atoms with Crippen molar-refractivity contribution in [2.45, 2.75) is 13.5 Å². The molecule has 0 bridgehead atoms. The van der Waals surface area contributed by atoms with Crippen LogP contribution >= 0.6 is 15.9 Å². The highest BCUT2D eigenvalue weighted by molar-refractivity contribution is 9.10. The Balaban J connectivity index is 2.22. The lowest BCUT2D eigenvalue weighted by Gasteiger charge is -2.12. The molecular weight excluding hydrogens is 344 g/mol. The molecule has 0 fully saturated rings. The van der Waals surface area contributed by atoms with Crippen LogP contribution in [0.25, 0.3) is 0 Å². The van der Waals surface area contributed by atoms with E-state index >= 15 is 0 Å². The number of hydrogen-bond acceptors (Lipinski definition) is 2. The Kier molecular flexibility index (Phi) is 4.57. The van der Waals surface area contributed by atoms with Gasteiger partial charge in [-0.25, -0.2) is 13.6 Å². The Hall–Kier alpha value is -1.95. The number of rotatable bonds is 4. The number of aryl methyl sites for hydroxylation is 1. The van der Waals surface area contributed by atoms with Crippen molar-refractivity contribution in [3.8, 4) is 0 Å². The molecule has 2 aromatic carbocycles. The highest BCUT2D eigenvalue weighted by Crippen LogP contribution is 2.25. The van der Waals surface area contributed by atoms with Crippen LogP contribution in [-0.4, -0.2) is 11.1 Å². The second kappa shape index (κ2) is 6.22. The van der Waals surface area contributed by atoms with E-state index < -0.39 is 11.8 Å². The fourth-order valence-corrected chi connectivity index (χ4v) is 2.21. The highest BCUT2D eigenvalue weighted by atomic mass is 79.9. The Labute approximate surface area is 128 Å². The van der Waals surface area contributed by atoms with Crippen molar-refractivity contribution in [1.82, 2.24) is 0 Å². The van der Waals surface area contributed by atoms with E-state index in [1.54, 1.807) is 13.0 Å². The van der Waals surface area contributed by atoms with E-state index in [2.05, 4.69) is 21.2 Å². The molecule has 0 heterocycles. The van der Waals surface area contributed by atoms with E-state index in [0.717, 1.165) is 6.07 Å². The molecule has 2 rings (SSSR count).